The Hall–Kier alpha value is -0.860. The van der Waals surface area contributed by atoms with Crippen LogP contribution in [0.4, 0.5) is 0 Å². The molecule has 0 radical (unpaired) electrons. The number of nitrogens with one attached hydrogen (secondary N) is 1. The summed E-state index contributed by atoms with van der Waals surface area (Å²) in [7, 11) is 0. The van der Waals surface area contributed by atoms with E-state index in [1.165, 1.54) is 19.3 Å². The van der Waals surface area contributed by atoms with E-state index in [4.69, 9.17) is 0 Å². The maximum Gasteiger partial charge on any atom is 0.0914 e. The van der Waals surface area contributed by atoms with Gasteiger partial charge in [0, 0.05) is 12.6 Å². The molecule has 0 heterocycles. The molecule has 110 valence electrons. The molecule has 2 nitrogen and oxygen atoms in total. The third-order valence-electron chi connectivity index (χ3n) is 6.54. The topological polar surface area (TPSA) is 32.3 Å². The summed E-state index contributed by atoms with van der Waals surface area (Å²) in [6, 6.07) is 10.5. The molecule has 2 bridgehead atoms. The van der Waals surface area contributed by atoms with Gasteiger partial charge in [-0.1, -0.05) is 51.1 Å². The van der Waals surface area contributed by atoms with Crippen LogP contribution < -0.4 is 5.32 Å². The second-order valence-corrected chi connectivity index (χ2v) is 7.50. The number of aliphatic hydroxyl groups excluding tert-OH is 1. The van der Waals surface area contributed by atoms with Crippen LogP contribution in [0.25, 0.3) is 0 Å². The van der Waals surface area contributed by atoms with Crippen molar-refractivity contribution in [1.29, 1.82) is 0 Å². The molecule has 4 unspecified atom stereocenters. The highest BCUT2D eigenvalue weighted by Crippen LogP contribution is 2.65. The standard InChI is InChI=1S/C18H27NO/c1-17(2)14-9-10-18(17,3)16(11-14)19-12-15(20)13-7-5-4-6-8-13/h4-8,14-16,19-20H,9-12H2,1-3H3. The largest absolute Gasteiger partial charge is 0.387 e. The van der Waals surface area contributed by atoms with Gasteiger partial charge in [-0.2, -0.15) is 0 Å². The molecule has 20 heavy (non-hydrogen) atoms. The number of benzene rings is 1. The summed E-state index contributed by atoms with van der Waals surface area (Å²) in [6.07, 6.45) is 3.57. The van der Waals surface area contributed by atoms with Crippen LogP contribution in [-0.2, 0) is 0 Å². The molecule has 1 aromatic rings. The van der Waals surface area contributed by atoms with E-state index in [-0.39, 0.29) is 0 Å². The molecule has 0 amide bonds. The zero-order valence-electron chi connectivity index (χ0n) is 12.9. The molecule has 3 rings (SSSR count). The van der Waals surface area contributed by atoms with Crippen LogP contribution in [0.5, 0.6) is 0 Å². The van der Waals surface area contributed by atoms with Crippen LogP contribution >= 0.6 is 0 Å². The number of rotatable bonds is 4. The molecule has 1 aromatic carbocycles. The molecular formula is C18H27NO. The predicted molar refractivity (Wildman–Crippen MR) is 82.4 cm³/mol. The lowest BCUT2D eigenvalue weighted by Gasteiger charge is -2.40. The van der Waals surface area contributed by atoms with E-state index in [0.717, 1.165) is 11.5 Å². The summed E-state index contributed by atoms with van der Waals surface area (Å²) >= 11 is 0. The van der Waals surface area contributed by atoms with Crippen molar-refractivity contribution in [3.63, 3.8) is 0 Å². The van der Waals surface area contributed by atoms with Crippen molar-refractivity contribution in [2.75, 3.05) is 6.54 Å². The average Bonchev–Trinajstić information content (AvgIpc) is 2.78. The van der Waals surface area contributed by atoms with Gasteiger partial charge in [0.2, 0.25) is 0 Å². The minimum Gasteiger partial charge on any atom is -0.387 e. The van der Waals surface area contributed by atoms with Crippen LogP contribution in [0, 0.1) is 16.7 Å². The number of aliphatic hydroxyl groups is 1. The highest BCUT2D eigenvalue weighted by molar-refractivity contribution is 5.18. The summed E-state index contributed by atoms with van der Waals surface area (Å²) in [4.78, 5) is 0. The van der Waals surface area contributed by atoms with Gasteiger partial charge in [-0.15, -0.1) is 0 Å². The van der Waals surface area contributed by atoms with Crippen LogP contribution in [0.15, 0.2) is 30.3 Å². The summed E-state index contributed by atoms with van der Waals surface area (Å²) in [5, 5.41) is 14.0. The molecule has 2 N–H and O–H groups in total. The van der Waals surface area contributed by atoms with Crippen molar-refractivity contribution in [3.05, 3.63) is 35.9 Å². The van der Waals surface area contributed by atoms with Gasteiger partial charge in [0.05, 0.1) is 6.10 Å². The van der Waals surface area contributed by atoms with Crippen LogP contribution in [0.2, 0.25) is 0 Å². The summed E-state index contributed by atoms with van der Waals surface area (Å²) < 4.78 is 0. The number of fused-ring (bicyclic) bond motifs is 2. The Balaban J connectivity index is 1.63. The lowest BCUT2D eigenvalue weighted by atomic mass is 9.69. The van der Waals surface area contributed by atoms with Crippen molar-refractivity contribution >= 4 is 0 Å². The average molecular weight is 273 g/mol. The van der Waals surface area contributed by atoms with E-state index in [2.05, 4.69) is 26.1 Å². The highest BCUT2D eigenvalue weighted by atomic mass is 16.3. The molecule has 2 fully saturated rings. The van der Waals surface area contributed by atoms with Gasteiger partial charge < -0.3 is 10.4 Å². The SMILES string of the molecule is CC1(C)C2CCC1(C)C(NCC(O)c1ccccc1)C2. The van der Waals surface area contributed by atoms with E-state index in [1.807, 2.05) is 30.3 Å². The smallest absolute Gasteiger partial charge is 0.0914 e. The molecule has 0 spiro atoms. The van der Waals surface area contributed by atoms with Gasteiger partial charge in [0.15, 0.2) is 0 Å². The summed E-state index contributed by atoms with van der Waals surface area (Å²) in [5.41, 5.74) is 1.82. The Bertz CT molecular complexity index is 470. The third-order valence-corrected chi connectivity index (χ3v) is 6.54. The Labute approximate surface area is 122 Å². The molecule has 2 aliphatic rings. The Kier molecular flexibility index (Phi) is 3.42. The fraction of sp³-hybridized carbons (Fsp3) is 0.667. The van der Waals surface area contributed by atoms with E-state index in [9.17, 15) is 5.11 Å². The third kappa shape index (κ3) is 2.01. The minimum atomic E-state index is -0.401. The maximum atomic E-state index is 10.3. The van der Waals surface area contributed by atoms with E-state index in [0.29, 0.717) is 23.4 Å². The van der Waals surface area contributed by atoms with Crippen molar-refractivity contribution < 1.29 is 5.11 Å². The predicted octanol–water partition coefficient (Wildman–Crippen LogP) is 3.52. The fourth-order valence-corrected chi connectivity index (χ4v) is 4.56. The van der Waals surface area contributed by atoms with E-state index < -0.39 is 6.10 Å². The van der Waals surface area contributed by atoms with Gasteiger partial charge in [0.1, 0.15) is 0 Å². The highest BCUT2D eigenvalue weighted by Gasteiger charge is 2.60. The Morgan fingerprint density at radius 3 is 2.50 bits per heavy atom. The first-order chi connectivity index (χ1) is 9.45. The van der Waals surface area contributed by atoms with E-state index >= 15 is 0 Å². The second kappa shape index (κ2) is 4.85. The van der Waals surface area contributed by atoms with Gasteiger partial charge >= 0.3 is 0 Å². The first-order valence-corrected chi connectivity index (χ1v) is 7.91. The zero-order chi connectivity index (χ0) is 14.4. The first-order valence-electron chi connectivity index (χ1n) is 7.91. The Morgan fingerprint density at radius 2 is 1.95 bits per heavy atom. The molecule has 4 atom stereocenters. The normalized spacial score (nSPS) is 36.2. The fourth-order valence-electron chi connectivity index (χ4n) is 4.56. The van der Waals surface area contributed by atoms with Crippen molar-refractivity contribution in [2.24, 2.45) is 16.7 Å². The quantitative estimate of drug-likeness (QED) is 0.879. The van der Waals surface area contributed by atoms with Gasteiger partial charge in [-0.3, -0.25) is 0 Å². The summed E-state index contributed by atoms with van der Waals surface area (Å²) in [5.74, 6) is 0.846. The molecule has 0 saturated heterocycles. The van der Waals surface area contributed by atoms with Crippen molar-refractivity contribution in [3.8, 4) is 0 Å². The Morgan fingerprint density at radius 1 is 1.25 bits per heavy atom. The molecule has 2 aliphatic carbocycles. The van der Waals surface area contributed by atoms with Crippen molar-refractivity contribution in [2.45, 2.75) is 52.2 Å². The summed E-state index contributed by atoms with van der Waals surface area (Å²) in [6.45, 7) is 7.96. The van der Waals surface area contributed by atoms with Crippen LogP contribution in [-0.4, -0.2) is 17.7 Å². The molecule has 0 aromatic heterocycles. The van der Waals surface area contributed by atoms with Crippen LogP contribution in [0.1, 0.15) is 51.7 Å². The van der Waals surface area contributed by atoms with Gasteiger partial charge in [0.25, 0.3) is 0 Å². The van der Waals surface area contributed by atoms with Crippen LogP contribution in [0.3, 0.4) is 0 Å². The van der Waals surface area contributed by atoms with Crippen molar-refractivity contribution in [1.82, 2.24) is 5.32 Å². The number of hydrogen-bond donors (Lipinski definition) is 2. The van der Waals surface area contributed by atoms with Gasteiger partial charge in [-0.25, -0.2) is 0 Å². The zero-order valence-corrected chi connectivity index (χ0v) is 12.9. The molecule has 2 saturated carbocycles. The second-order valence-electron chi connectivity index (χ2n) is 7.50. The molecule has 2 heteroatoms. The monoisotopic (exact) mass is 273 g/mol. The first kappa shape index (κ1) is 14.1. The lowest BCUT2D eigenvalue weighted by molar-refractivity contribution is 0.105. The lowest BCUT2D eigenvalue weighted by Crippen LogP contribution is -2.45. The minimum absolute atomic E-state index is 0.383. The maximum absolute atomic E-state index is 10.3. The molecular weight excluding hydrogens is 246 g/mol. The molecule has 0 aliphatic heterocycles. The van der Waals surface area contributed by atoms with E-state index in [1.54, 1.807) is 0 Å². The number of hydrogen-bond acceptors (Lipinski definition) is 2. The van der Waals surface area contributed by atoms with Gasteiger partial charge in [-0.05, 0) is 41.6 Å².